The lowest BCUT2D eigenvalue weighted by Crippen LogP contribution is -2.06. The molecular weight excluding hydrogens is 270 g/mol. The third-order valence-corrected chi connectivity index (χ3v) is 3.40. The van der Waals surface area contributed by atoms with Gasteiger partial charge in [-0.05, 0) is 30.5 Å². The van der Waals surface area contributed by atoms with E-state index in [-0.39, 0.29) is 0 Å². The largest absolute Gasteiger partial charge is 0.478 e. The Morgan fingerprint density at radius 1 is 1.56 bits per heavy atom. The molecule has 86 valence electrons. The number of hydrogen-bond acceptors (Lipinski definition) is 2. The monoisotopic (exact) mass is 283 g/mol. The molecule has 2 rings (SSSR count). The van der Waals surface area contributed by atoms with E-state index in [0.717, 1.165) is 16.1 Å². The van der Waals surface area contributed by atoms with Crippen molar-refractivity contribution in [2.24, 2.45) is 5.92 Å². The zero-order valence-corrected chi connectivity index (χ0v) is 10.6. The van der Waals surface area contributed by atoms with Crippen LogP contribution in [-0.2, 0) is 0 Å². The lowest BCUT2D eigenvalue weighted by atomic mass is 10.2. The molecule has 1 aromatic carbocycles. The Hall–Kier alpha value is -1.03. The molecule has 1 aromatic rings. The van der Waals surface area contributed by atoms with Crippen molar-refractivity contribution in [1.29, 1.82) is 0 Å². The summed E-state index contributed by atoms with van der Waals surface area (Å²) in [5.41, 5.74) is 1.19. The molecule has 0 aromatic heterocycles. The highest BCUT2D eigenvalue weighted by molar-refractivity contribution is 9.10. The van der Waals surface area contributed by atoms with Gasteiger partial charge in [0.25, 0.3) is 0 Å². The van der Waals surface area contributed by atoms with Gasteiger partial charge >= 0.3 is 5.97 Å². The number of hydrogen-bond donors (Lipinski definition) is 2. The summed E-state index contributed by atoms with van der Waals surface area (Å²) >= 11 is 3.32. The first-order valence-electron chi connectivity index (χ1n) is 5.40. The lowest BCUT2D eigenvalue weighted by Gasteiger charge is -2.07. The van der Waals surface area contributed by atoms with Crippen molar-refractivity contribution in [3.63, 3.8) is 0 Å². The maximum absolute atomic E-state index is 10.9. The molecule has 4 heteroatoms. The highest BCUT2D eigenvalue weighted by Gasteiger charge is 2.35. The fourth-order valence-electron chi connectivity index (χ4n) is 1.89. The minimum absolute atomic E-state index is 0.311. The first-order valence-corrected chi connectivity index (χ1v) is 6.20. The van der Waals surface area contributed by atoms with Gasteiger partial charge in [0.05, 0.1) is 5.56 Å². The molecular formula is C12H14BrNO2. The molecule has 1 aliphatic carbocycles. The first-order chi connectivity index (χ1) is 7.60. The van der Waals surface area contributed by atoms with Crippen molar-refractivity contribution in [3.8, 4) is 0 Å². The third-order valence-electron chi connectivity index (χ3n) is 2.94. The average Bonchev–Trinajstić information content (AvgIpc) is 2.95. The SMILES string of the molecule is CCC1CC1Nc1cc(Br)cc(C(=O)O)c1. The van der Waals surface area contributed by atoms with Crippen molar-refractivity contribution in [2.45, 2.75) is 25.8 Å². The summed E-state index contributed by atoms with van der Waals surface area (Å²) in [4.78, 5) is 10.9. The quantitative estimate of drug-likeness (QED) is 0.891. The standard InChI is InChI=1S/C12H14BrNO2/c1-2-7-5-11(7)14-10-4-8(12(15)16)3-9(13)6-10/h3-4,6-7,11,14H,2,5H2,1H3,(H,15,16). The van der Waals surface area contributed by atoms with Gasteiger partial charge in [-0.1, -0.05) is 29.3 Å². The van der Waals surface area contributed by atoms with E-state index in [9.17, 15) is 4.79 Å². The van der Waals surface area contributed by atoms with Gasteiger partial charge in [0.15, 0.2) is 0 Å². The Balaban J connectivity index is 2.12. The average molecular weight is 284 g/mol. The second-order valence-corrected chi connectivity index (χ2v) is 5.10. The van der Waals surface area contributed by atoms with Gasteiger partial charge in [-0.2, -0.15) is 0 Å². The molecule has 0 bridgehead atoms. The Morgan fingerprint density at radius 3 is 2.88 bits per heavy atom. The zero-order valence-electron chi connectivity index (χ0n) is 9.03. The summed E-state index contributed by atoms with van der Waals surface area (Å²) in [6.45, 7) is 2.18. The number of nitrogens with one attached hydrogen (secondary N) is 1. The van der Waals surface area contributed by atoms with E-state index >= 15 is 0 Å². The fraction of sp³-hybridized carbons (Fsp3) is 0.417. The van der Waals surface area contributed by atoms with Gasteiger partial charge in [0.1, 0.15) is 0 Å². The van der Waals surface area contributed by atoms with Crippen molar-refractivity contribution in [1.82, 2.24) is 0 Å². The van der Waals surface area contributed by atoms with E-state index in [4.69, 9.17) is 5.11 Å². The van der Waals surface area contributed by atoms with Crippen LogP contribution in [0.4, 0.5) is 5.69 Å². The molecule has 2 N–H and O–H groups in total. The number of aromatic carboxylic acids is 1. The van der Waals surface area contributed by atoms with E-state index in [2.05, 4.69) is 28.2 Å². The van der Waals surface area contributed by atoms with Crippen LogP contribution in [-0.4, -0.2) is 17.1 Å². The molecule has 0 aliphatic heterocycles. The number of benzene rings is 1. The maximum Gasteiger partial charge on any atom is 0.335 e. The predicted molar refractivity (Wildman–Crippen MR) is 66.9 cm³/mol. The van der Waals surface area contributed by atoms with Crippen LogP contribution in [0.25, 0.3) is 0 Å². The molecule has 16 heavy (non-hydrogen) atoms. The number of anilines is 1. The second-order valence-electron chi connectivity index (χ2n) is 4.19. The van der Waals surface area contributed by atoms with Gasteiger partial charge in [0, 0.05) is 16.2 Å². The van der Waals surface area contributed by atoms with Crippen LogP contribution in [0.5, 0.6) is 0 Å². The molecule has 0 spiro atoms. The fourth-order valence-corrected chi connectivity index (χ4v) is 2.38. The summed E-state index contributed by atoms with van der Waals surface area (Å²) in [6.07, 6.45) is 2.36. The van der Waals surface area contributed by atoms with Crippen molar-refractivity contribution in [3.05, 3.63) is 28.2 Å². The second kappa shape index (κ2) is 4.45. The highest BCUT2D eigenvalue weighted by Crippen LogP contribution is 2.36. The Kier molecular flexibility index (Phi) is 3.19. The van der Waals surface area contributed by atoms with Crippen molar-refractivity contribution >= 4 is 27.6 Å². The predicted octanol–water partition coefficient (Wildman–Crippen LogP) is 3.36. The van der Waals surface area contributed by atoms with Crippen LogP contribution in [0.3, 0.4) is 0 Å². The Morgan fingerprint density at radius 2 is 2.31 bits per heavy atom. The van der Waals surface area contributed by atoms with Crippen LogP contribution in [0.2, 0.25) is 0 Å². The minimum Gasteiger partial charge on any atom is -0.478 e. The Bertz CT molecular complexity index is 419. The van der Waals surface area contributed by atoms with E-state index < -0.39 is 5.97 Å². The summed E-state index contributed by atoms with van der Waals surface area (Å²) in [5, 5.41) is 12.3. The van der Waals surface area contributed by atoms with Gasteiger partial charge in [0.2, 0.25) is 0 Å². The third kappa shape index (κ3) is 2.55. The normalized spacial score (nSPS) is 22.9. The molecule has 0 amide bonds. The van der Waals surface area contributed by atoms with Crippen molar-refractivity contribution < 1.29 is 9.90 Å². The van der Waals surface area contributed by atoms with E-state index in [1.54, 1.807) is 12.1 Å². The van der Waals surface area contributed by atoms with Crippen LogP contribution in [0.1, 0.15) is 30.1 Å². The topological polar surface area (TPSA) is 49.3 Å². The van der Waals surface area contributed by atoms with Gasteiger partial charge in [-0.3, -0.25) is 0 Å². The summed E-state index contributed by atoms with van der Waals surface area (Å²) in [5.74, 6) is -0.153. The summed E-state index contributed by atoms with van der Waals surface area (Å²) < 4.78 is 0.795. The van der Waals surface area contributed by atoms with Crippen LogP contribution >= 0.6 is 15.9 Å². The van der Waals surface area contributed by atoms with Crippen LogP contribution < -0.4 is 5.32 Å². The molecule has 0 heterocycles. The van der Waals surface area contributed by atoms with E-state index in [0.29, 0.717) is 11.6 Å². The number of rotatable bonds is 4. The Labute approximate surface area is 103 Å². The van der Waals surface area contributed by atoms with Gasteiger partial charge in [-0.15, -0.1) is 0 Å². The number of carboxylic acids is 1. The number of carbonyl (C=O) groups is 1. The van der Waals surface area contributed by atoms with Gasteiger partial charge < -0.3 is 10.4 Å². The summed E-state index contributed by atoms with van der Waals surface area (Å²) in [6, 6.07) is 5.72. The highest BCUT2D eigenvalue weighted by atomic mass is 79.9. The lowest BCUT2D eigenvalue weighted by molar-refractivity contribution is 0.0697. The molecule has 1 aliphatic rings. The summed E-state index contributed by atoms with van der Waals surface area (Å²) in [7, 11) is 0. The van der Waals surface area contributed by atoms with Gasteiger partial charge in [-0.25, -0.2) is 4.79 Å². The maximum atomic E-state index is 10.9. The van der Waals surface area contributed by atoms with Crippen LogP contribution in [0, 0.1) is 5.92 Å². The molecule has 3 nitrogen and oxygen atoms in total. The van der Waals surface area contributed by atoms with Crippen molar-refractivity contribution in [2.75, 3.05) is 5.32 Å². The number of carboxylic acid groups (broad SMARTS) is 1. The molecule has 1 saturated carbocycles. The van der Waals surface area contributed by atoms with E-state index in [1.165, 1.54) is 12.8 Å². The number of halogens is 1. The molecule has 2 atom stereocenters. The molecule has 0 saturated heterocycles. The minimum atomic E-state index is -0.896. The molecule has 1 fully saturated rings. The zero-order chi connectivity index (χ0) is 11.7. The van der Waals surface area contributed by atoms with E-state index in [1.807, 2.05) is 6.07 Å². The van der Waals surface area contributed by atoms with Crippen LogP contribution in [0.15, 0.2) is 22.7 Å². The first kappa shape index (κ1) is 11.5. The molecule has 2 unspecified atom stereocenters. The molecule has 0 radical (unpaired) electrons. The smallest absolute Gasteiger partial charge is 0.335 e.